The Kier molecular flexibility index (Phi) is 8.19. The van der Waals surface area contributed by atoms with E-state index in [9.17, 15) is 5.11 Å². The van der Waals surface area contributed by atoms with Gasteiger partial charge in [-0.1, -0.05) is 56.5 Å². The maximum absolute atomic E-state index is 9.99. The second kappa shape index (κ2) is 9.76. The Morgan fingerprint density at radius 2 is 1.95 bits per heavy atom. The van der Waals surface area contributed by atoms with Crippen LogP contribution in [0.5, 0.6) is 0 Å². The summed E-state index contributed by atoms with van der Waals surface area (Å²) in [6.45, 7) is 7.17. The maximum atomic E-state index is 9.99. The molecule has 19 heavy (non-hydrogen) atoms. The first-order valence-corrected chi connectivity index (χ1v) is 7.36. The van der Waals surface area contributed by atoms with Gasteiger partial charge in [-0.15, -0.1) is 6.58 Å². The molecule has 0 amide bonds. The van der Waals surface area contributed by atoms with Crippen LogP contribution in [0.15, 0.2) is 36.9 Å². The topological polar surface area (TPSA) is 32.3 Å². The van der Waals surface area contributed by atoms with Crippen LogP contribution in [0.25, 0.3) is 0 Å². The van der Waals surface area contributed by atoms with Crippen molar-refractivity contribution in [3.05, 3.63) is 48.0 Å². The summed E-state index contributed by atoms with van der Waals surface area (Å²) in [6.07, 6.45) is 7.68. The molecule has 2 N–H and O–H groups in total. The molecule has 1 aromatic rings. The molecule has 2 nitrogen and oxygen atoms in total. The third kappa shape index (κ3) is 6.55. The normalized spacial score (nSPS) is 12.3. The fourth-order valence-electron chi connectivity index (χ4n) is 2.10. The third-order valence-electron chi connectivity index (χ3n) is 3.31. The van der Waals surface area contributed by atoms with Crippen LogP contribution in [0.4, 0.5) is 0 Å². The molecule has 0 fully saturated rings. The molecule has 0 aliphatic carbocycles. The molecular weight excluding hydrogens is 234 g/mol. The van der Waals surface area contributed by atoms with Gasteiger partial charge in [0.1, 0.15) is 0 Å². The lowest BCUT2D eigenvalue weighted by atomic mass is 10.0. The largest absolute Gasteiger partial charge is 0.387 e. The van der Waals surface area contributed by atoms with Crippen molar-refractivity contribution in [1.29, 1.82) is 0 Å². The first-order chi connectivity index (χ1) is 9.27. The van der Waals surface area contributed by atoms with Gasteiger partial charge in [0.05, 0.1) is 6.10 Å². The lowest BCUT2D eigenvalue weighted by Crippen LogP contribution is -2.21. The van der Waals surface area contributed by atoms with Crippen LogP contribution in [0, 0.1) is 0 Å². The van der Waals surface area contributed by atoms with E-state index in [1.54, 1.807) is 6.08 Å². The third-order valence-corrected chi connectivity index (χ3v) is 3.31. The molecule has 0 aliphatic rings. The smallest absolute Gasteiger partial charge is 0.0914 e. The van der Waals surface area contributed by atoms with Gasteiger partial charge in [-0.25, -0.2) is 0 Å². The van der Waals surface area contributed by atoms with Gasteiger partial charge in [-0.05, 0) is 24.0 Å². The summed E-state index contributed by atoms with van der Waals surface area (Å²) >= 11 is 0. The molecule has 0 saturated heterocycles. The highest BCUT2D eigenvalue weighted by atomic mass is 16.3. The number of benzene rings is 1. The average Bonchev–Trinajstić information content (AvgIpc) is 2.44. The highest BCUT2D eigenvalue weighted by molar-refractivity contribution is 5.24. The molecule has 0 radical (unpaired) electrons. The quantitative estimate of drug-likeness (QED) is 0.498. The Balaban J connectivity index is 2.35. The molecule has 0 spiro atoms. The second-order valence-corrected chi connectivity index (χ2v) is 5.01. The number of nitrogens with one attached hydrogen (secondary N) is 1. The average molecular weight is 261 g/mol. The second-order valence-electron chi connectivity index (χ2n) is 5.01. The van der Waals surface area contributed by atoms with E-state index in [4.69, 9.17) is 0 Å². The van der Waals surface area contributed by atoms with Gasteiger partial charge >= 0.3 is 0 Å². The van der Waals surface area contributed by atoms with E-state index in [1.165, 1.54) is 31.2 Å². The van der Waals surface area contributed by atoms with Gasteiger partial charge in [0.25, 0.3) is 0 Å². The summed E-state index contributed by atoms with van der Waals surface area (Å²) in [4.78, 5) is 0. The SMILES string of the molecule is C=CCNCC(O)c1ccc(CCCCCC)cc1. The number of hydrogen-bond acceptors (Lipinski definition) is 2. The number of aryl methyl sites for hydroxylation is 1. The van der Waals surface area contributed by atoms with Crippen LogP contribution >= 0.6 is 0 Å². The first kappa shape index (κ1) is 15.9. The minimum absolute atomic E-state index is 0.436. The van der Waals surface area contributed by atoms with Crippen LogP contribution in [-0.2, 0) is 6.42 Å². The van der Waals surface area contributed by atoms with Crippen LogP contribution in [-0.4, -0.2) is 18.2 Å². The highest BCUT2D eigenvalue weighted by Crippen LogP contribution is 2.15. The van der Waals surface area contributed by atoms with E-state index >= 15 is 0 Å². The van der Waals surface area contributed by atoms with Crippen LogP contribution in [0.1, 0.15) is 49.8 Å². The van der Waals surface area contributed by atoms with Crippen molar-refractivity contribution in [3.63, 3.8) is 0 Å². The monoisotopic (exact) mass is 261 g/mol. The molecule has 0 heterocycles. The molecule has 1 aromatic carbocycles. The summed E-state index contributed by atoms with van der Waals surface area (Å²) in [6, 6.07) is 8.35. The number of rotatable bonds is 10. The van der Waals surface area contributed by atoms with Gasteiger partial charge in [-0.2, -0.15) is 0 Å². The van der Waals surface area contributed by atoms with E-state index in [1.807, 2.05) is 12.1 Å². The number of aliphatic hydroxyl groups is 1. The molecule has 106 valence electrons. The molecular formula is C17H27NO. The fraction of sp³-hybridized carbons (Fsp3) is 0.529. The summed E-state index contributed by atoms with van der Waals surface area (Å²) in [5.41, 5.74) is 2.35. The van der Waals surface area contributed by atoms with E-state index in [2.05, 4.69) is 31.0 Å². The molecule has 1 rings (SSSR count). The van der Waals surface area contributed by atoms with Crippen molar-refractivity contribution < 1.29 is 5.11 Å². The van der Waals surface area contributed by atoms with Gasteiger partial charge in [0.15, 0.2) is 0 Å². The zero-order valence-electron chi connectivity index (χ0n) is 12.1. The zero-order valence-corrected chi connectivity index (χ0v) is 12.1. The Labute approximate surface area is 117 Å². The Morgan fingerprint density at radius 1 is 1.21 bits per heavy atom. The van der Waals surface area contributed by atoms with E-state index < -0.39 is 6.10 Å². The Hall–Kier alpha value is -1.12. The first-order valence-electron chi connectivity index (χ1n) is 7.36. The Morgan fingerprint density at radius 3 is 2.58 bits per heavy atom. The van der Waals surface area contributed by atoms with Gasteiger partial charge in [-0.3, -0.25) is 0 Å². The van der Waals surface area contributed by atoms with Crippen molar-refractivity contribution in [1.82, 2.24) is 5.32 Å². The minimum Gasteiger partial charge on any atom is -0.387 e. The highest BCUT2D eigenvalue weighted by Gasteiger charge is 2.06. The number of aliphatic hydroxyl groups excluding tert-OH is 1. The molecule has 2 heteroatoms. The summed E-state index contributed by atoms with van der Waals surface area (Å²) in [5, 5.41) is 13.1. The van der Waals surface area contributed by atoms with Crippen molar-refractivity contribution in [2.24, 2.45) is 0 Å². The lowest BCUT2D eigenvalue weighted by molar-refractivity contribution is 0.176. The molecule has 0 saturated carbocycles. The molecule has 1 atom stereocenters. The van der Waals surface area contributed by atoms with Crippen molar-refractivity contribution >= 4 is 0 Å². The predicted molar refractivity (Wildman–Crippen MR) is 82.3 cm³/mol. The van der Waals surface area contributed by atoms with Crippen LogP contribution in [0.2, 0.25) is 0 Å². The molecule has 0 aliphatic heterocycles. The molecule has 0 bridgehead atoms. The zero-order chi connectivity index (χ0) is 13.9. The van der Waals surface area contributed by atoms with E-state index in [-0.39, 0.29) is 0 Å². The molecule has 1 unspecified atom stereocenters. The molecule has 0 aromatic heterocycles. The minimum atomic E-state index is -0.436. The fourth-order valence-corrected chi connectivity index (χ4v) is 2.10. The summed E-state index contributed by atoms with van der Waals surface area (Å²) < 4.78 is 0. The van der Waals surface area contributed by atoms with Crippen molar-refractivity contribution in [2.75, 3.05) is 13.1 Å². The lowest BCUT2D eigenvalue weighted by Gasteiger charge is -2.12. The van der Waals surface area contributed by atoms with Gasteiger partial charge in [0.2, 0.25) is 0 Å². The summed E-state index contributed by atoms with van der Waals surface area (Å²) in [5.74, 6) is 0. The van der Waals surface area contributed by atoms with Crippen LogP contribution < -0.4 is 5.32 Å². The van der Waals surface area contributed by atoms with Crippen LogP contribution in [0.3, 0.4) is 0 Å². The van der Waals surface area contributed by atoms with E-state index in [0.29, 0.717) is 6.54 Å². The maximum Gasteiger partial charge on any atom is 0.0914 e. The Bertz CT molecular complexity index is 345. The van der Waals surface area contributed by atoms with Gasteiger partial charge < -0.3 is 10.4 Å². The van der Waals surface area contributed by atoms with Gasteiger partial charge in [0, 0.05) is 13.1 Å². The summed E-state index contributed by atoms with van der Waals surface area (Å²) in [7, 11) is 0. The van der Waals surface area contributed by atoms with Crippen molar-refractivity contribution in [3.8, 4) is 0 Å². The number of hydrogen-bond donors (Lipinski definition) is 2. The van der Waals surface area contributed by atoms with E-state index in [0.717, 1.165) is 18.5 Å². The van der Waals surface area contributed by atoms with Crippen molar-refractivity contribution in [2.45, 2.75) is 45.1 Å². The number of unbranched alkanes of at least 4 members (excludes halogenated alkanes) is 3. The standard InChI is InChI=1S/C17H27NO/c1-3-5-6-7-8-15-9-11-16(12-10-15)17(19)14-18-13-4-2/h4,9-12,17-19H,2-3,5-8,13-14H2,1H3. The predicted octanol–water partition coefficient (Wildman–Crippen LogP) is 3.62.